The molecule has 14 heavy (non-hydrogen) atoms. The zero-order valence-electron chi connectivity index (χ0n) is 8.86. The number of carbonyl (C=O) groups excluding carboxylic acids is 1. The van der Waals surface area contributed by atoms with E-state index in [2.05, 4.69) is 15.9 Å². The van der Waals surface area contributed by atoms with Gasteiger partial charge in [-0.05, 0) is 6.26 Å². The summed E-state index contributed by atoms with van der Waals surface area (Å²) in [4.78, 5) is 15.3. The third-order valence-electron chi connectivity index (χ3n) is 2.42. The smallest absolute Gasteiger partial charge is 0.409 e. The Bertz CT molecular complexity index is 182. The predicted molar refractivity (Wildman–Crippen MR) is 58.8 cm³/mol. The van der Waals surface area contributed by atoms with Crippen LogP contribution < -0.4 is 0 Å². The number of thioether (sulfide) groups is 1. The average Bonchev–Trinajstić information content (AvgIpc) is 2.26. The maximum atomic E-state index is 11.2. The van der Waals surface area contributed by atoms with Crippen molar-refractivity contribution in [3.63, 3.8) is 0 Å². The summed E-state index contributed by atoms with van der Waals surface area (Å²) in [5.74, 6) is 1.16. The summed E-state index contributed by atoms with van der Waals surface area (Å²) in [5.41, 5.74) is 0. The first-order valence-corrected chi connectivity index (χ1v) is 6.21. The molecule has 0 unspecified atom stereocenters. The molecule has 0 aliphatic carbocycles. The minimum Gasteiger partial charge on any atom is -0.453 e. The van der Waals surface area contributed by atoms with Crippen LogP contribution in [0.1, 0.15) is 0 Å². The molecule has 0 atom stereocenters. The van der Waals surface area contributed by atoms with Gasteiger partial charge in [-0.1, -0.05) is 0 Å². The van der Waals surface area contributed by atoms with Crippen LogP contribution in [0.2, 0.25) is 0 Å². The molecule has 4 nitrogen and oxygen atoms in total. The minimum atomic E-state index is -0.200. The molecule has 0 spiro atoms. The first kappa shape index (κ1) is 11.7. The number of carbonyl (C=O) groups is 1. The quantitative estimate of drug-likeness (QED) is 0.699. The average molecular weight is 218 g/mol. The first-order valence-electron chi connectivity index (χ1n) is 4.82. The first-order chi connectivity index (χ1) is 6.77. The Balaban J connectivity index is 2.20. The van der Waals surface area contributed by atoms with E-state index in [4.69, 9.17) is 0 Å². The minimum absolute atomic E-state index is 0.200. The molecule has 1 saturated heterocycles. The van der Waals surface area contributed by atoms with Crippen molar-refractivity contribution in [2.75, 3.05) is 51.8 Å². The van der Waals surface area contributed by atoms with Crippen molar-refractivity contribution >= 4 is 17.9 Å². The van der Waals surface area contributed by atoms with E-state index in [0.717, 1.165) is 38.5 Å². The van der Waals surface area contributed by atoms with Gasteiger partial charge in [-0.2, -0.15) is 11.8 Å². The largest absolute Gasteiger partial charge is 0.453 e. The number of nitrogens with zero attached hydrogens (tertiary/aromatic N) is 2. The molecule has 1 aliphatic rings. The van der Waals surface area contributed by atoms with Crippen molar-refractivity contribution in [2.24, 2.45) is 0 Å². The van der Waals surface area contributed by atoms with Gasteiger partial charge in [0, 0.05) is 38.5 Å². The van der Waals surface area contributed by atoms with Crippen LogP contribution in [-0.4, -0.2) is 67.7 Å². The van der Waals surface area contributed by atoms with Gasteiger partial charge in [0.05, 0.1) is 7.11 Å². The van der Waals surface area contributed by atoms with Crippen LogP contribution in [0.15, 0.2) is 0 Å². The van der Waals surface area contributed by atoms with E-state index >= 15 is 0 Å². The summed E-state index contributed by atoms with van der Waals surface area (Å²) in [6, 6.07) is 0. The lowest BCUT2D eigenvalue weighted by atomic mass is 10.3. The van der Waals surface area contributed by atoms with Crippen molar-refractivity contribution in [2.45, 2.75) is 0 Å². The Morgan fingerprint density at radius 1 is 1.36 bits per heavy atom. The summed E-state index contributed by atoms with van der Waals surface area (Å²) in [5, 5.41) is 0. The number of ether oxygens (including phenoxy) is 1. The van der Waals surface area contributed by atoms with E-state index in [1.54, 1.807) is 4.90 Å². The second kappa shape index (κ2) is 6.14. The van der Waals surface area contributed by atoms with Crippen LogP contribution in [0.25, 0.3) is 0 Å². The van der Waals surface area contributed by atoms with E-state index in [1.807, 2.05) is 11.8 Å². The number of rotatable bonds is 3. The van der Waals surface area contributed by atoms with Crippen LogP contribution in [-0.2, 0) is 4.74 Å². The maximum Gasteiger partial charge on any atom is 0.409 e. The molecular formula is C9H18N2O2S. The summed E-state index contributed by atoms with van der Waals surface area (Å²) in [7, 11) is 1.43. The van der Waals surface area contributed by atoms with E-state index in [1.165, 1.54) is 7.11 Å². The molecule has 1 amide bonds. The second-order valence-electron chi connectivity index (χ2n) is 3.29. The molecule has 0 N–H and O–H groups in total. The predicted octanol–water partition coefficient (Wildman–Crippen LogP) is 0.733. The molecule has 1 heterocycles. The highest BCUT2D eigenvalue weighted by molar-refractivity contribution is 7.98. The zero-order chi connectivity index (χ0) is 10.4. The fourth-order valence-electron chi connectivity index (χ4n) is 1.50. The van der Waals surface area contributed by atoms with Crippen molar-refractivity contribution in [3.8, 4) is 0 Å². The third kappa shape index (κ3) is 3.38. The van der Waals surface area contributed by atoms with Gasteiger partial charge >= 0.3 is 6.09 Å². The molecule has 82 valence electrons. The number of hydrogen-bond acceptors (Lipinski definition) is 4. The van der Waals surface area contributed by atoms with E-state index < -0.39 is 0 Å². The molecule has 0 aromatic carbocycles. The summed E-state index contributed by atoms with van der Waals surface area (Å²) in [6.07, 6.45) is 1.92. The van der Waals surface area contributed by atoms with Gasteiger partial charge in [-0.15, -0.1) is 0 Å². The number of piperazine rings is 1. The number of amides is 1. The topological polar surface area (TPSA) is 32.8 Å². The molecule has 0 bridgehead atoms. The standard InChI is InChI=1S/C9H18N2O2S/c1-13-9(12)11-5-3-10(4-6-11)7-8-14-2/h3-8H2,1-2H3. The normalized spacial score (nSPS) is 18.3. The van der Waals surface area contributed by atoms with Gasteiger partial charge in [0.2, 0.25) is 0 Å². The number of hydrogen-bond donors (Lipinski definition) is 0. The molecule has 1 rings (SSSR count). The molecule has 0 saturated carbocycles. The van der Waals surface area contributed by atoms with Gasteiger partial charge in [-0.25, -0.2) is 4.79 Å². The van der Waals surface area contributed by atoms with Gasteiger partial charge < -0.3 is 9.64 Å². The van der Waals surface area contributed by atoms with Gasteiger partial charge in [0.15, 0.2) is 0 Å². The molecule has 1 aliphatic heterocycles. The Hall–Kier alpha value is -0.420. The summed E-state index contributed by atoms with van der Waals surface area (Å²) >= 11 is 1.86. The van der Waals surface area contributed by atoms with E-state index in [9.17, 15) is 4.79 Å². The lowest BCUT2D eigenvalue weighted by Gasteiger charge is -2.33. The highest BCUT2D eigenvalue weighted by Gasteiger charge is 2.20. The molecular weight excluding hydrogens is 200 g/mol. The van der Waals surface area contributed by atoms with Crippen LogP contribution in [0.5, 0.6) is 0 Å². The fraction of sp³-hybridized carbons (Fsp3) is 0.889. The van der Waals surface area contributed by atoms with Gasteiger partial charge in [0.1, 0.15) is 0 Å². The Morgan fingerprint density at radius 2 is 2.00 bits per heavy atom. The Labute approximate surface area is 89.6 Å². The van der Waals surface area contributed by atoms with Crippen molar-refractivity contribution in [1.29, 1.82) is 0 Å². The summed E-state index contributed by atoms with van der Waals surface area (Å²) < 4.78 is 4.67. The monoisotopic (exact) mass is 218 g/mol. The molecule has 5 heteroatoms. The third-order valence-corrected chi connectivity index (χ3v) is 3.01. The molecule has 0 aromatic rings. The summed E-state index contributed by atoms with van der Waals surface area (Å²) in [6.45, 7) is 4.64. The highest BCUT2D eigenvalue weighted by Crippen LogP contribution is 2.04. The number of methoxy groups -OCH3 is 1. The van der Waals surface area contributed by atoms with Crippen LogP contribution in [0, 0.1) is 0 Å². The highest BCUT2D eigenvalue weighted by atomic mass is 32.2. The lowest BCUT2D eigenvalue weighted by Crippen LogP contribution is -2.49. The van der Waals surface area contributed by atoms with Crippen molar-refractivity contribution in [3.05, 3.63) is 0 Å². The SMILES string of the molecule is COC(=O)N1CCN(CCSC)CC1. The lowest BCUT2D eigenvalue weighted by molar-refractivity contribution is 0.0931. The Kier molecular flexibility index (Phi) is 5.11. The molecule has 0 radical (unpaired) electrons. The van der Waals surface area contributed by atoms with Crippen molar-refractivity contribution in [1.82, 2.24) is 9.80 Å². The van der Waals surface area contributed by atoms with E-state index in [0.29, 0.717) is 0 Å². The van der Waals surface area contributed by atoms with Gasteiger partial charge in [-0.3, -0.25) is 4.90 Å². The maximum absolute atomic E-state index is 11.2. The van der Waals surface area contributed by atoms with Crippen LogP contribution in [0.3, 0.4) is 0 Å². The Morgan fingerprint density at radius 3 is 2.50 bits per heavy atom. The zero-order valence-corrected chi connectivity index (χ0v) is 9.68. The van der Waals surface area contributed by atoms with Crippen LogP contribution in [0.4, 0.5) is 4.79 Å². The van der Waals surface area contributed by atoms with Gasteiger partial charge in [0.25, 0.3) is 0 Å². The van der Waals surface area contributed by atoms with E-state index in [-0.39, 0.29) is 6.09 Å². The second-order valence-corrected chi connectivity index (χ2v) is 4.28. The fourth-order valence-corrected chi connectivity index (χ4v) is 1.94. The van der Waals surface area contributed by atoms with Crippen LogP contribution >= 0.6 is 11.8 Å². The molecule has 1 fully saturated rings. The van der Waals surface area contributed by atoms with Crippen molar-refractivity contribution < 1.29 is 9.53 Å². The molecule has 0 aromatic heterocycles.